The zero-order chi connectivity index (χ0) is 13.4. The van der Waals surface area contributed by atoms with E-state index in [0.29, 0.717) is 30.6 Å². The van der Waals surface area contributed by atoms with E-state index in [9.17, 15) is 9.59 Å². The fourth-order valence-corrected chi connectivity index (χ4v) is 1.43. The number of esters is 1. The predicted octanol–water partition coefficient (Wildman–Crippen LogP) is 1.34. The SMILES string of the molecule is COC(=O)CCCCNC(=O)c1ccc(N)cc1. The Labute approximate surface area is 106 Å². The number of benzene rings is 1. The van der Waals surface area contributed by atoms with Gasteiger partial charge in [-0.3, -0.25) is 9.59 Å². The summed E-state index contributed by atoms with van der Waals surface area (Å²) in [6, 6.07) is 6.73. The molecule has 0 bridgehead atoms. The zero-order valence-electron chi connectivity index (χ0n) is 10.4. The highest BCUT2D eigenvalue weighted by atomic mass is 16.5. The first-order valence-electron chi connectivity index (χ1n) is 5.84. The van der Waals surface area contributed by atoms with Gasteiger partial charge in [0.2, 0.25) is 0 Å². The Kier molecular flexibility index (Phi) is 5.70. The van der Waals surface area contributed by atoms with Gasteiger partial charge in [0.25, 0.3) is 5.91 Å². The molecule has 0 heterocycles. The van der Waals surface area contributed by atoms with Gasteiger partial charge in [-0.2, -0.15) is 0 Å². The van der Waals surface area contributed by atoms with E-state index in [0.717, 1.165) is 6.42 Å². The topological polar surface area (TPSA) is 81.4 Å². The van der Waals surface area contributed by atoms with Crippen LogP contribution in [-0.4, -0.2) is 25.5 Å². The lowest BCUT2D eigenvalue weighted by molar-refractivity contribution is -0.140. The number of carbonyl (C=O) groups excluding carboxylic acids is 2. The average Bonchev–Trinajstić information content (AvgIpc) is 2.38. The molecule has 0 aliphatic heterocycles. The van der Waals surface area contributed by atoms with Crippen LogP contribution in [0.5, 0.6) is 0 Å². The molecule has 0 aliphatic rings. The van der Waals surface area contributed by atoms with Crippen LogP contribution in [0.25, 0.3) is 0 Å². The summed E-state index contributed by atoms with van der Waals surface area (Å²) in [4.78, 5) is 22.5. The maximum atomic E-state index is 11.7. The minimum absolute atomic E-state index is 0.131. The summed E-state index contributed by atoms with van der Waals surface area (Å²) >= 11 is 0. The summed E-state index contributed by atoms with van der Waals surface area (Å²) in [6.45, 7) is 0.542. The standard InChI is InChI=1S/C13H18N2O3/c1-18-12(16)4-2-3-9-15-13(17)10-5-7-11(14)8-6-10/h5-8H,2-4,9,14H2,1H3,(H,15,17). The molecule has 98 valence electrons. The molecule has 1 aromatic carbocycles. The largest absolute Gasteiger partial charge is 0.469 e. The first-order valence-corrected chi connectivity index (χ1v) is 5.84. The molecular formula is C13H18N2O3. The Morgan fingerprint density at radius 2 is 1.89 bits per heavy atom. The van der Waals surface area contributed by atoms with Crippen molar-refractivity contribution in [2.45, 2.75) is 19.3 Å². The van der Waals surface area contributed by atoms with Crippen LogP contribution in [0.15, 0.2) is 24.3 Å². The number of carbonyl (C=O) groups is 2. The predicted molar refractivity (Wildman–Crippen MR) is 69.1 cm³/mol. The van der Waals surface area contributed by atoms with E-state index in [2.05, 4.69) is 10.1 Å². The molecule has 0 unspecified atom stereocenters. The summed E-state index contributed by atoms with van der Waals surface area (Å²) in [5.74, 6) is -0.354. The van der Waals surface area contributed by atoms with Gasteiger partial charge >= 0.3 is 5.97 Å². The first-order chi connectivity index (χ1) is 8.63. The van der Waals surface area contributed by atoms with Gasteiger partial charge in [0, 0.05) is 24.2 Å². The van der Waals surface area contributed by atoms with Gasteiger partial charge in [-0.15, -0.1) is 0 Å². The second-order valence-corrected chi connectivity index (χ2v) is 3.91. The number of unbranched alkanes of at least 4 members (excludes halogenated alkanes) is 1. The lowest BCUT2D eigenvalue weighted by Crippen LogP contribution is -2.24. The molecule has 5 heteroatoms. The van der Waals surface area contributed by atoms with E-state index in [1.165, 1.54) is 7.11 Å². The smallest absolute Gasteiger partial charge is 0.305 e. The van der Waals surface area contributed by atoms with Gasteiger partial charge in [-0.25, -0.2) is 0 Å². The van der Waals surface area contributed by atoms with E-state index in [1.54, 1.807) is 24.3 Å². The van der Waals surface area contributed by atoms with Crippen molar-refractivity contribution in [3.63, 3.8) is 0 Å². The molecule has 0 radical (unpaired) electrons. The molecule has 18 heavy (non-hydrogen) atoms. The molecule has 0 spiro atoms. The highest BCUT2D eigenvalue weighted by Crippen LogP contribution is 2.05. The van der Waals surface area contributed by atoms with Gasteiger partial charge in [0.1, 0.15) is 0 Å². The monoisotopic (exact) mass is 250 g/mol. The summed E-state index contributed by atoms with van der Waals surface area (Å²) in [5, 5.41) is 2.78. The van der Waals surface area contributed by atoms with Gasteiger partial charge < -0.3 is 15.8 Å². The summed E-state index contributed by atoms with van der Waals surface area (Å²) in [5.41, 5.74) is 6.74. The van der Waals surface area contributed by atoms with Crippen LogP contribution in [0.4, 0.5) is 5.69 Å². The Balaban J connectivity index is 2.21. The molecular weight excluding hydrogens is 232 g/mol. The van der Waals surface area contributed by atoms with Crippen molar-refractivity contribution in [1.29, 1.82) is 0 Å². The highest BCUT2D eigenvalue weighted by Gasteiger charge is 2.04. The fourth-order valence-electron chi connectivity index (χ4n) is 1.43. The number of rotatable bonds is 6. The van der Waals surface area contributed by atoms with Crippen molar-refractivity contribution in [2.75, 3.05) is 19.4 Å². The number of hydrogen-bond donors (Lipinski definition) is 2. The molecule has 1 rings (SSSR count). The zero-order valence-corrected chi connectivity index (χ0v) is 10.4. The first kappa shape index (κ1) is 14.0. The third-order valence-electron chi connectivity index (χ3n) is 2.49. The Morgan fingerprint density at radius 3 is 2.50 bits per heavy atom. The van der Waals surface area contributed by atoms with Crippen LogP contribution in [0.3, 0.4) is 0 Å². The van der Waals surface area contributed by atoms with E-state index in [1.807, 2.05) is 0 Å². The Morgan fingerprint density at radius 1 is 1.22 bits per heavy atom. The molecule has 5 nitrogen and oxygen atoms in total. The van der Waals surface area contributed by atoms with Crippen LogP contribution in [0.2, 0.25) is 0 Å². The van der Waals surface area contributed by atoms with Crippen LogP contribution >= 0.6 is 0 Å². The summed E-state index contributed by atoms with van der Waals surface area (Å²) in [7, 11) is 1.37. The van der Waals surface area contributed by atoms with Crippen LogP contribution in [0, 0.1) is 0 Å². The Hall–Kier alpha value is -2.04. The molecule has 0 fully saturated rings. The number of nitrogens with one attached hydrogen (secondary N) is 1. The number of anilines is 1. The lowest BCUT2D eigenvalue weighted by atomic mass is 10.2. The van der Waals surface area contributed by atoms with E-state index in [-0.39, 0.29) is 11.9 Å². The van der Waals surface area contributed by atoms with Gasteiger partial charge in [-0.1, -0.05) is 0 Å². The minimum atomic E-state index is -0.222. The van der Waals surface area contributed by atoms with Crippen molar-refractivity contribution < 1.29 is 14.3 Å². The molecule has 0 saturated heterocycles. The van der Waals surface area contributed by atoms with Gasteiger partial charge in [0.15, 0.2) is 0 Å². The van der Waals surface area contributed by atoms with Crippen molar-refractivity contribution >= 4 is 17.6 Å². The molecule has 3 N–H and O–H groups in total. The second-order valence-electron chi connectivity index (χ2n) is 3.91. The Bertz CT molecular complexity index is 401. The van der Waals surface area contributed by atoms with Crippen molar-refractivity contribution in [3.05, 3.63) is 29.8 Å². The number of hydrogen-bond acceptors (Lipinski definition) is 4. The molecule has 0 atom stereocenters. The number of nitrogens with two attached hydrogens (primary N) is 1. The van der Waals surface area contributed by atoms with Crippen LogP contribution in [-0.2, 0) is 9.53 Å². The van der Waals surface area contributed by atoms with Gasteiger partial charge in [0.05, 0.1) is 7.11 Å². The average molecular weight is 250 g/mol. The second kappa shape index (κ2) is 7.32. The molecule has 1 aromatic rings. The maximum Gasteiger partial charge on any atom is 0.305 e. The minimum Gasteiger partial charge on any atom is -0.469 e. The third-order valence-corrected chi connectivity index (χ3v) is 2.49. The number of ether oxygens (including phenoxy) is 1. The van der Waals surface area contributed by atoms with E-state index >= 15 is 0 Å². The number of methoxy groups -OCH3 is 1. The fraction of sp³-hybridized carbons (Fsp3) is 0.385. The lowest BCUT2D eigenvalue weighted by Gasteiger charge is -2.05. The van der Waals surface area contributed by atoms with Crippen molar-refractivity contribution in [1.82, 2.24) is 5.32 Å². The van der Waals surface area contributed by atoms with Crippen LogP contribution < -0.4 is 11.1 Å². The maximum absolute atomic E-state index is 11.7. The third kappa shape index (κ3) is 4.86. The number of nitrogen functional groups attached to an aromatic ring is 1. The molecule has 0 aromatic heterocycles. The highest BCUT2D eigenvalue weighted by molar-refractivity contribution is 5.94. The van der Waals surface area contributed by atoms with Gasteiger partial charge in [-0.05, 0) is 37.1 Å². The number of amides is 1. The summed E-state index contributed by atoms with van der Waals surface area (Å²) < 4.78 is 4.52. The van der Waals surface area contributed by atoms with E-state index < -0.39 is 0 Å². The summed E-state index contributed by atoms with van der Waals surface area (Å²) in [6.07, 6.45) is 1.83. The molecule has 0 saturated carbocycles. The normalized spacial score (nSPS) is 9.83. The van der Waals surface area contributed by atoms with Crippen molar-refractivity contribution in [2.24, 2.45) is 0 Å². The van der Waals surface area contributed by atoms with Crippen LogP contribution in [0.1, 0.15) is 29.6 Å². The quantitative estimate of drug-likeness (QED) is 0.453. The van der Waals surface area contributed by atoms with E-state index in [4.69, 9.17) is 5.73 Å². The van der Waals surface area contributed by atoms with Crippen molar-refractivity contribution in [3.8, 4) is 0 Å². The molecule has 1 amide bonds. The molecule has 0 aliphatic carbocycles.